The molecule has 156 valence electrons. The van der Waals surface area contributed by atoms with E-state index in [4.69, 9.17) is 10.5 Å². The summed E-state index contributed by atoms with van der Waals surface area (Å²) in [5.74, 6) is -5.81. The molecule has 0 saturated carbocycles. The number of nitrogens with two attached hydrogens (primary N) is 1. The molecular formula is C23H24N2O5. The smallest absolute Gasteiger partial charge is 0.321 e. The number of aliphatic carboxylic acids is 1. The zero-order chi connectivity index (χ0) is 21.3. The van der Waals surface area contributed by atoms with Gasteiger partial charge in [0.2, 0.25) is 5.91 Å². The Kier molecular flexibility index (Phi) is 5.55. The summed E-state index contributed by atoms with van der Waals surface area (Å²) < 4.78 is 5.50. The Morgan fingerprint density at radius 2 is 1.70 bits per heavy atom. The number of carbonyl (C=O) groups excluding carboxylic acids is 2. The number of esters is 1. The summed E-state index contributed by atoms with van der Waals surface area (Å²) in [7, 11) is 0. The average molecular weight is 408 g/mol. The van der Waals surface area contributed by atoms with Gasteiger partial charge >= 0.3 is 11.9 Å². The number of hydrogen-bond donors (Lipinski definition) is 3. The van der Waals surface area contributed by atoms with Gasteiger partial charge in [-0.1, -0.05) is 48.5 Å². The number of carbonyl (C=O) groups is 3. The molecule has 2 aromatic rings. The first-order valence-corrected chi connectivity index (χ1v) is 10.1. The topological polar surface area (TPSA) is 119 Å². The van der Waals surface area contributed by atoms with Crippen molar-refractivity contribution in [1.82, 2.24) is 5.32 Å². The van der Waals surface area contributed by atoms with Gasteiger partial charge in [-0.15, -0.1) is 0 Å². The number of carboxylic acid groups (broad SMARTS) is 1. The predicted molar refractivity (Wildman–Crippen MR) is 110 cm³/mol. The fourth-order valence-electron chi connectivity index (χ4n) is 4.54. The molecule has 0 aromatic heterocycles. The molecule has 1 heterocycles. The summed E-state index contributed by atoms with van der Waals surface area (Å²) in [6.07, 6.45) is 1.10. The second-order valence-corrected chi connectivity index (χ2v) is 7.80. The maximum atomic E-state index is 12.8. The average Bonchev–Trinajstić information content (AvgIpc) is 2.96. The molecule has 3 atom stereocenters. The van der Waals surface area contributed by atoms with E-state index < -0.39 is 35.7 Å². The Labute approximate surface area is 174 Å². The SMILES string of the molecule is N[C@H]1CCCNC(=O)C1C(C(=O)O)C(=O)OCC1c2ccccc2-c2ccccc21. The van der Waals surface area contributed by atoms with E-state index in [2.05, 4.69) is 5.32 Å². The molecule has 2 aliphatic rings. The van der Waals surface area contributed by atoms with Crippen LogP contribution in [0, 0.1) is 11.8 Å². The quantitative estimate of drug-likeness (QED) is 0.514. The molecule has 1 amide bonds. The zero-order valence-electron chi connectivity index (χ0n) is 16.4. The number of carboxylic acids is 1. The van der Waals surface area contributed by atoms with E-state index >= 15 is 0 Å². The Bertz CT molecular complexity index is 944. The normalized spacial score (nSPS) is 21.7. The molecule has 2 unspecified atom stereocenters. The highest BCUT2D eigenvalue weighted by atomic mass is 16.5. The number of fused-ring (bicyclic) bond motifs is 3. The molecule has 1 aliphatic heterocycles. The number of hydrogen-bond acceptors (Lipinski definition) is 5. The van der Waals surface area contributed by atoms with Gasteiger partial charge in [0.25, 0.3) is 0 Å². The predicted octanol–water partition coefficient (Wildman–Crippen LogP) is 1.90. The van der Waals surface area contributed by atoms with E-state index in [-0.39, 0.29) is 12.5 Å². The summed E-state index contributed by atoms with van der Waals surface area (Å²) in [5.41, 5.74) is 10.3. The molecule has 7 heteroatoms. The molecule has 1 fully saturated rings. The third-order valence-corrected chi connectivity index (χ3v) is 6.01. The molecule has 0 radical (unpaired) electrons. The Hall–Kier alpha value is -3.19. The van der Waals surface area contributed by atoms with Crippen LogP contribution in [-0.2, 0) is 19.1 Å². The summed E-state index contributed by atoms with van der Waals surface area (Å²) in [5, 5.41) is 12.3. The fraction of sp³-hybridized carbons (Fsp3) is 0.348. The van der Waals surface area contributed by atoms with Gasteiger partial charge in [-0.05, 0) is 35.1 Å². The zero-order valence-corrected chi connectivity index (χ0v) is 16.4. The second-order valence-electron chi connectivity index (χ2n) is 7.80. The van der Waals surface area contributed by atoms with Crippen LogP contribution in [-0.4, -0.2) is 42.1 Å². The van der Waals surface area contributed by atoms with Crippen molar-refractivity contribution < 1.29 is 24.2 Å². The van der Waals surface area contributed by atoms with E-state index in [1.54, 1.807) is 0 Å². The lowest BCUT2D eigenvalue weighted by Crippen LogP contribution is -2.49. The third-order valence-electron chi connectivity index (χ3n) is 6.01. The largest absolute Gasteiger partial charge is 0.481 e. The van der Waals surface area contributed by atoms with Crippen LogP contribution in [0.15, 0.2) is 48.5 Å². The van der Waals surface area contributed by atoms with Crippen LogP contribution in [0.1, 0.15) is 29.9 Å². The minimum Gasteiger partial charge on any atom is -0.481 e. The summed E-state index contributed by atoms with van der Waals surface area (Å²) in [4.78, 5) is 37.1. The first-order valence-electron chi connectivity index (χ1n) is 10.1. The van der Waals surface area contributed by atoms with E-state index in [1.165, 1.54) is 0 Å². The highest BCUT2D eigenvalue weighted by molar-refractivity contribution is 5.99. The van der Waals surface area contributed by atoms with Crippen molar-refractivity contribution in [2.24, 2.45) is 17.6 Å². The Balaban J connectivity index is 1.56. The van der Waals surface area contributed by atoms with Crippen LogP contribution >= 0.6 is 0 Å². The van der Waals surface area contributed by atoms with Crippen LogP contribution in [0.5, 0.6) is 0 Å². The molecule has 2 aromatic carbocycles. The first kappa shape index (κ1) is 20.1. The molecule has 1 saturated heterocycles. The highest BCUT2D eigenvalue weighted by Gasteiger charge is 2.45. The monoisotopic (exact) mass is 408 g/mol. The molecular weight excluding hydrogens is 384 g/mol. The number of rotatable bonds is 5. The van der Waals surface area contributed by atoms with Gasteiger partial charge in [-0.2, -0.15) is 0 Å². The molecule has 4 rings (SSSR count). The van der Waals surface area contributed by atoms with E-state index in [9.17, 15) is 19.5 Å². The molecule has 0 bridgehead atoms. The number of ether oxygens (including phenoxy) is 1. The van der Waals surface area contributed by atoms with Gasteiger partial charge in [0, 0.05) is 18.5 Å². The third kappa shape index (κ3) is 3.57. The van der Waals surface area contributed by atoms with Crippen LogP contribution in [0.4, 0.5) is 0 Å². The van der Waals surface area contributed by atoms with Gasteiger partial charge in [0.05, 0.1) is 5.92 Å². The van der Waals surface area contributed by atoms with Gasteiger partial charge < -0.3 is 20.9 Å². The highest BCUT2D eigenvalue weighted by Crippen LogP contribution is 2.44. The number of benzene rings is 2. The lowest BCUT2D eigenvalue weighted by molar-refractivity contribution is -0.164. The van der Waals surface area contributed by atoms with Crippen molar-refractivity contribution in [3.05, 3.63) is 59.7 Å². The second kappa shape index (κ2) is 8.28. The van der Waals surface area contributed by atoms with E-state index in [1.807, 2.05) is 48.5 Å². The number of amides is 1. The fourth-order valence-corrected chi connectivity index (χ4v) is 4.54. The van der Waals surface area contributed by atoms with E-state index in [0.29, 0.717) is 19.4 Å². The van der Waals surface area contributed by atoms with Crippen molar-refractivity contribution in [3.8, 4) is 11.1 Å². The maximum Gasteiger partial charge on any atom is 0.321 e. The molecule has 4 N–H and O–H groups in total. The molecule has 7 nitrogen and oxygen atoms in total. The van der Waals surface area contributed by atoms with Gasteiger partial charge in [-0.3, -0.25) is 14.4 Å². The standard InChI is InChI=1S/C23H24N2O5/c24-18-10-5-11-25-21(26)19(18)20(22(27)28)23(29)30-12-17-15-8-3-1-6-13(15)14-7-2-4-9-16(14)17/h1-4,6-9,17-20H,5,10-12,24H2,(H,25,26)(H,27,28)/t18-,19?,20?/m0/s1. The Morgan fingerprint density at radius 3 is 2.30 bits per heavy atom. The molecule has 1 aliphatic carbocycles. The van der Waals surface area contributed by atoms with Crippen LogP contribution < -0.4 is 11.1 Å². The van der Waals surface area contributed by atoms with Crippen LogP contribution in [0.3, 0.4) is 0 Å². The van der Waals surface area contributed by atoms with Gasteiger partial charge in [-0.25, -0.2) is 0 Å². The molecule has 30 heavy (non-hydrogen) atoms. The minimum atomic E-state index is -1.63. The van der Waals surface area contributed by atoms with Gasteiger partial charge in [0.1, 0.15) is 6.61 Å². The van der Waals surface area contributed by atoms with Crippen LogP contribution in [0.2, 0.25) is 0 Å². The number of nitrogens with one attached hydrogen (secondary N) is 1. The van der Waals surface area contributed by atoms with Gasteiger partial charge in [0.15, 0.2) is 5.92 Å². The maximum absolute atomic E-state index is 12.8. The summed E-state index contributed by atoms with van der Waals surface area (Å²) in [6, 6.07) is 15.1. The van der Waals surface area contributed by atoms with Crippen molar-refractivity contribution >= 4 is 17.8 Å². The lowest BCUT2D eigenvalue weighted by atomic mass is 9.84. The van der Waals surface area contributed by atoms with Crippen molar-refractivity contribution in [2.75, 3.05) is 13.2 Å². The van der Waals surface area contributed by atoms with Crippen LogP contribution in [0.25, 0.3) is 11.1 Å². The van der Waals surface area contributed by atoms with Crippen molar-refractivity contribution in [1.29, 1.82) is 0 Å². The summed E-state index contributed by atoms with van der Waals surface area (Å²) >= 11 is 0. The van der Waals surface area contributed by atoms with Crippen molar-refractivity contribution in [2.45, 2.75) is 24.8 Å². The summed E-state index contributed by atoms with van der Waals surface area (Å²) in [6.45, 7) is 0.417. The molecule has 0 spiro atoms. The van der Waals surface area contributed by atoms with Crippen molar-refractivity contribution in [3.63, 3.8) is 0 Å². The minimum absolute atomic E-state index is 0.000215. The van der Waals surface area contributed by atoms with E-state index in [0.717, 1.165) is 22.3 Å². The lowest BCUT2D eigenvalue weighted by Gasteiger charge is -2.25. The first-order chi connectivity index (χ1) is 14.5. The Morgan fingerprint density at radius 1 is 1.10 bits per heavy atom.